The summed E-state index contributed by atoms with van der Waals surface area (Å²) in [6.45, 7) is 7.28. The molecule has 2 aromatic carbocycles. The summed E-state index contributed by atoms with van der Waals surface area (Å²) in [4.78, 5) is 0. The van der Waals surface area contributed by atoms with Gasteiger partial charge in [-0.2, -0.15) is 0 Å². The van der Waals surface area contributed by atoms with Crippen molar-refractivity contribution in [1.29, 1.82) is 0 Å². The zero-order valence-electron chi connectivity index (χ0n) is 11.8. The lowest BCUT2D eigenvalue weighted by Gasteiger charge is -2.27. The van der Waals surface area contributed by atoms with Crippen LogP contribution in [-0.4, -0.2) is 5.11 Å². The average Bonchev–Trinajstić information content (AvgIpc) is 2.26. The van der Waals surface area contributed by atoms with Gasteiger partial charge in [-0.1, -0.05) is 35.9 Å². The summed E-state index contributed by atoms with van der Waals surface area (Å²) in [5.41, 5.74) is 2.40. The maximum atomic E-state index is 14.2. The van der Waals surface area contributed by atoms with Crippen LogP contribution in [0.5, 0.6) is 0 Å². The van der Waals surface area contributed by atoms with Crippen molar-refractivity contribution in [1.82, 2.24) is 0 Å². The fourth-order valence-electron chi connectivity index (χ4n) is 2.62. The summed E-state index contributed by atoms with van der Waals surface area (Å²) in [6, 6.07) is 10.9. The van der Waals surface area contributed by atoms with E-state index in [4.69, 9.17) is 0 Å². The first-order valence-electron chi connectivity index (χ1n) is 6.39. The van der Waals surface area contributed by atoms with E-state index in [0.717, 1.165) is 16.7 Å². The maximum absolute atomic E-state index is 14.2. The van der Waals surface area contributed by atoms with Crippen LogP contribution < -0.4 is 0 Å². The van der Waals surface area contributed by atoms with Crippen molar-refractivity contribution in [3.8, 4) is 0 Å². The van der Waals surface area contributed by atoms with Crippen molar-refractivity contribution >= 4 is 0 Å². The van der Waals surface area contributed by atoms with Gasteiger partial charge in [0.15, 0.2) is 0 Å². The third-order valence-electron chi connectivity index (χ3n) is 3.50. The van der Waals surface area contributed by atoms with Gasteiger partial charge in [-0.3, -0.25) is 0 Å². The lowest BCUT2D eigenvalue weighted by atomic mass is 9.84. The normalized spacial score (nSPS) is 14.2. The molecule has 0 aliphatic carbocycles. The largest absolute Gasteiger partial charge is 0.381 e. The molecule has 1 nitrogen and oxygen atoms in total. The molecule has 2 heteroatoms. The standard InChI is InChI=1S/C17H19FO/c1-11-6-5-7-14(9-11)17(4,19)16-13(3)8-12(2)10-15(16)18/h5-10,19H,1-4H3. The molecule has 0 aromatic heterocycles. The van der Waals surface area contributed by atoms with E-state index in [-0.39, 0.29) is 5.82 Å². The SMILES string of the molecule is Cc1cccc(C(C)(O)c2c(C)cc(C)cc2F)c1. The monoisotopic (exact) mass is 258 g/mol. The Kier molecular flexibility index (Phi) is 3.46. The van der Waals surface area contributed by atoms with Crippen molar-refractivity contribution < 1.29 is 9.50 Å². The van der Waals surface area contributed by atoms with Gasteiger partial charge < -0.3 is 5.11 Å². The molecule has 1 N–H and O–H groups in total. The van der Waals surface area contributed by atoms with Crippen LogP contribution in [0.25, 0.3) is 0 Å². The Balaban J connectivity index is 2.63. The highest BCUT2D eigenvalue weighted by atomic mass is 19.1. The van der Waals surface area contributed by atoms with Crippen LogP contribution in [0, 0.1) is 26.6 Å². The van der Waals surface area contributed by atoms with Gasteiger partial charge in [0.05, 0.1) is 0 Å². The molecular weight excluding hydrogens is 239 g/mol. The van der Waals surface area contributed by atoms with Crippen molar-refractivity contribution in [2.24, 2.45) is 0 Å². The highest BCUT2D eigenvalue weighted by molar-refractivity contribution is 5.43. The van der Waals surface area contributed by atoms with E-state index in [1.807, 2.05) is 51.1 Å². The molecule has 0 spiro atoms. The van der Waals surface area contributed by atoms with Gasteiger partial charge in [0.1, 0.15) is 11.4 Å². The third kappa shape index (κ3) is 2.54. The number of hydrogen-bond donors (Lipinski definition) is 1. The Labute approximate surface area is 113 Å². The topological polar surface area (TPSA) is 20.2 Å². The first-order valence-corrected chi connectivity index (χ1v) is 6.39. The summed E-state index contributed by atoms with van der Waals surface area (Å²) in [5.74, 6) is -0.357. The van der Waals surface area contributed by atoms with E-state index >= 15 is 0 Å². The Morgan fingerprint density at radius 2 is 1.68 bits per heavy atom. The van der Waals surface area contributed by atoms with Crippen molar-refractivity contribution in [3.63, 3.8) is 0 Å². The summed E-state index contributed by atoms with van der Waals surface area (Å²) >= 11 is 0. The van der Waals surface area contributed by atoms with Crippen LogP contribution >= 0.6 is 0 Å². The Morgan fingerprint density at radius 1 is 1.00 bits per heavy atom. The predicted octanol–water partition coefficient (Wildman–Crippen LogP) is 4.01. The van der Waals surface area contributed by atoms with Gasteiger partial charge in [0.2, 0.25) is 0 Å². The second-order valence-electron chi connectivity index (χ2n) is 5.38. The van der Waals surface area contributed by atoms with Gasteiger partial charge in [-0.25, -0.2) is 4.39 Å². The second-order valence-corrected chi connectivity index (χ2v) is 5.38. The number of halogens is 1. The van der Waals surface area contributed by atoms with Crippen molar-refractivity contribution in [3.05, 3.63) is 70.0 Å². The van der Waals surface area contributed by atoms with E-state index in [0.29, 0.717) is 11.1 Å². The Hall–Kier alpha value is -1.67. The second kappa shape index (κ2) is 4.78. The lowest BCUT2D eigenvalue weighted by Crippen LogP contribution is -2.25. The fourth-order valence-corrected chi connectivity index (χ4v) is 2.62. The fraction of sp³-hybridized carbons (Fsp3) is 0.294. The highest BCUT2D eigenvalue weighted by Crippen LogP contribution is 2.34. The molecule has 0 saturated carbocycles. The molecule has 0 heterocycles. The summed E-state index contributed by atoms with van der Waals surface area (Å²) in [5, 5.41) is 10.8. The van der Waals surface area contributed by atoms with Crippen LogP contribution in [-0.2, 0) is 5.60 Å². The van der Waals surface area contributed by atoms with Crippen molar-refractivity contribution in [2.45, 2.75) is 33.3 Å². The van der Waals surface area contributed by atoms with Crippen LogP contribution in [0.2, 0.25) is 0 Å². The predicted molar refractivity (Wildman–Crippen MR) is 75.7 cm³/mol. The van der Waals surface area contributed by atoms with E-state index in [1.54, 1.807) is 6.92 Å². The average molecular weight is 258 g/mol. The smallest absolute Gasteiger partial charge is 0.130 e. The molecule has 0 aliphatic heterocycles. The Morgan fingerprint density at radius 3 is 2.26 bits per heavy atom. The molecule has 2 aromatic rings. The molecule has 0 amide bonds. The number of hydrogen-bond acceptors (Lipinski definition) is 1. The third-order valence-corrected chi connectivity index (χ3v) is 3.50. The summed E-state index contributed by atoms with van der Waals surface area (Å²) < 4.78 is 14.2. The number of rotatable bonds is 2. The molecule has 1 unspecified atom stereocenters. The molecule has 1 atom stereocenters. The molecule has 19 heavy (non-hydrogen) atoms. The molecule has 0 saturated heterocycles. The van der Waals surface area contributed by atoms with Crippen molar-refractivity contribution in [2.75, 3.05) is 0 Å². The van der Waals surface area contributed by atoms with Gasteiger partial charge in [0.25, 0.3) is 0 Å². The minimum Gasteiger partial charge on any atom is -0.381 e. The molecule has 100 valence electrons. The van der Waals surface area contributed by atoms with Gasteiger partial charge in [-0.05, 0) is 50.5 Å². The lowest BCUT2D eigenvalue weighted by molar-refractivity contribution is 0.0971. The molecule has 0 fully saturated rings. The van der Waals surface area contributed by atoms with E-state index in [2.05, 4.69) is 0 Å². The number of aryl methyl sites for hydroxylation is 3. The van der Waals surface area contributed by atoms with Gasteiger partial charge in [-0.15, -0.1) is 0 Å². The van der Waals surface area contributed by atoms with E-state index in [9.17, 15) is 9.50 Å². The first kappa shape index (κ1) is 13.8. The van der Waals surface area contributed by atoms with Gasteiger partial charge in [0, 0.05) is 5.56 Å². The molecule has 0 radical (unpaired) electrons. The number of aliphatic hydroxyl groups is 1. The number of benzene rings is 2. The first-order chi connectivity index (χ1) is 8.82. The minimum atomic E-state index is -1.33. The molecule has 0 bridgehead atoms. The molecular formula is C17H19FO. The maximum Gasteiger partial charge on any atom is 0.130 e. The molecule has 2 rings (SSSR count). The Bertz CT molecular complexity index is 591. The van der Waals surface area contributed by atoms with Crippen LogP contribution in [0.4, 0.5) is 4.39 Å². The quantitative estimate of drug-likeness (QED) is 0.863. The van der Waals surface area contributed by atoms with Gasteiger partial charge >= 0.3 is 0 Å². The van der Waals surface area contributed by atoms with Crippen LogP contribution in [0.15, 0.2) is 36.4 Å². The summed E-state index contributed by atoms with van der Waals surface area (Å²) in [7, 11) is 0. The van der Waals surface area contributed by atoms with E-state index < -0.39 is 5.60 Å². The zero-order valence-corrected chi connectivity index (χ0v) is 11.8. The van der Waals surface area contributed by atoms with Crippen LogP contribution in [0.3, 0.4) is 0 Å². The molecule has 0 aliphatic rings. The van der Waals surface area contributed by atoms with Crippen LogP contribution in [0.1, 0.15) is 34.7 Å². The van der Waals surface area contributed by atoms with E-state index in [1.165, 1.54) is 6.07 Å². The summed E-state index contributed by atoms with van der Waals surface area (Å²) in [6.07, 6.45) is 0. The zero-order chi connectivity index (χ0) is 14.2. The minimum absolute atomic E-state index is 0.351. The highest BCUT2D eigenvalue weighted by Gasteiger charge is 2.30.